The molecule has 6 heterocycles. The number of para-hydroxylation sites is 4. The van der Waals surface area contributed by atoms with Gasteiger partial charge in [-0.1, -0.05) is 74.7 Å². The Morgan fingerprint density at radius 1 is 0.706 bits per heavy atom. The van der Waals surface area contributed by atoms with E-state index in [1.54, 1.807) is 6.20 Å². The smallest absolute Gasteiger partial charge is 0.502 e. The van der Waals surface area contributed by atoms with Crippen molar-refractivity contribution in [2.24, 2.45) is 0 Å². The van der Waals surface area contributed by atoms with Gasteiger partial charge in [0.25, 0.3) is 0 Å². The first-order valence-electron chi connectivity index (χ1n) is 16.6. The number of nitrogens with zero attached hydrogens (tertiary/aromatic N) is 7. The number of rotatable bonds is 4. The van der Waals surface area contributed by atoms with E-state index in [0.717, 1.165) is 72.4 Å². The molecule has 0 radical (unpaired) electrons. The first-order chi connectivity index (χ1) is 24.4. The predicted octanol–water partition coefficient (Wildman–Crippen LogP) is 9.53. The van der Waals surface area contributed by atoms with E-state index in [-0.39, 0.29) is 26.5 Å². The van der Waals surface area contributed by atoms with Gasteiger partial charge in [0, 0.05) is 24.3 Å². The van der Waals surface area contributed by atoms with E-state index in [1.165, 1.54) is 5.56 Å². The summed E-state index contributed by atoms with van der Waals surface area (Å²) in [6, 6.07) is 41.8. The molecule has 51 heavy (non-hydrogen) atoms. The normalized spacial score (nSPS) is 12.1. The molecule has 0 unspecified atom stereocenters. The van der Waals surface area contributed by atoms with Crippen LogP contribution in [0.2, 0.25) is 0 Å². The maximum Gasteiger partial charge on any atom is 2.00 e. The molecule has 0 saturated heterocycles. The summed E-state index contributed by atoms with van der Waals surface area (Å²) in [5, 5.41) is 1.83. The van der Waals surface area contributed by atoms with Crippen molar-refractivity contribution < 1.29 is 25.8 Å². The number of hydrogen-bond acceptors (Lipinski definition) is 5. The minimum absolute atomic E-state index is 0. The van der Waals surface area contributed by atoms with Crippen LogP contribution in [0.4, 0.5) is 0 Å². The number of fused-ring (bicyclic) bond motifs is 10. The van der Waals surface area contributed by atoms with E-state index in [2.05, 4.69) is 90.4 Å². The predicted molar refractivity (Wildman–Crippen MR) is 197 cm³/mol. The maximum atomic E-state index is 6.86. The fourth-order valence-electron chi connectivity index (χ4n) is 6.91. The SMILES string of the molecule is CC(C)(C)c1ccnc(-c2[c-]c(Oc3[c-]c4c(cc3)n3c5ccccc5nc3n4-c3ccccn3)c3c(ccn4c5ccccc5nc34)c2)c1.[Pt+2]. The van der Waals surface area contributed by atoms with Crippen LogP contribution in [-0.4, -0.2) is 33.3 Å². The Morgan fingerprint density at radius 3 is 2.29 bits per heavy atom. The van der Waals surface area contributed by atoms with Crippen LogP contribution in [0.5, 0.6) is 11.5 Å². The summed E-state index contributed by atoms with van der Waals surface area (Å²) in [5.41, 5.74) is 9.21. The van der Waals surface area contributed by atoms with Crippen molar-refractivity contribution >= 4 is 55.3 Å². The molecule has 0 aliphatic carbocycles. The zero-order chi connectivity index (χ0) is 33.6. The summed E-state index contributed by atoms with van der Waals surface area (Å²) < 4.78 is 13.1. The standard InChI is InChI=1S/C42H29N7O.Pt/c1-42(2,3)28-17-20-43-32(24-28)27-22-26-18-21-47-33-12-6-4-10-30(33)45-40(47)39(26)37(23-27)50-29-15-16-35-36(25-29)49(38-14-8-9-19-44-38)41-46-31-11-5-7-13-34(31)48(35)41;/h4-22,24H,1-3H3;/q-2;+2. The molecule has 0 saturated carbocycles. The number of ether oxygens (including phenoxy) is 1. The summed E-state index contributed by atoms with van der Waals surface area (Å²) in [6.07, 6.45) is 5.72. The minimum atomic E-state index is -0.0337. The number of pyridine rings is 3. The second kappa shape index (κ2) is 11.6. The first-order valence-corrected chi connectivity index (χ1v) is 16.6. The number of hydrogen-bond donors (Lipinski definition) is 0. The van der Waals surface area contributed by atoms with Gasteiger partial charge in [0.15, 0.2) is 0 Å². The number of benzene rings is 4. The van der Waals surface area contributed by atoms with Gasteiger partial charge in [0.2, 0.25) is 5.78 Å². The second-order valence-electron chi connectivity index (χ2n) is 13.5. The maximum absolute atomic E-state index is 6.86. The van der Waals surface area contributed by atoms with Crippen LogP contribution in [0.25, 0.3) is 72.4 Å². The Bertz CT molecular complexity index is 2950. The monoisotopic (exact) mass is 842 g/mol. The van der Waals surface area contributed by atoms with Crippen molar-refractivity contribution in [2.75, 3.05) is 0 Å². The average Bonchev–Trinajstić information content (AvgIpc) is 3.80. The van der Waals surface area contributed by atoms with Crippen LogP contribution in [0.15, 0.2) is 122 Å². The summed E-state index contributed by atoms with van der Waals surface area (Å²) >= 11 is 0. The molecule has 0 spiro atoms. The second-order valence-corrected chi connectivity index (χ2v) is 13.5. The van der Waals surface area contributed by atoms with E-state index >= 15 is 0 Å². The molecule has 10 aromatic rings. The molecule has 0 N–H and O–H groups in total. The molecule has 8 nitrogen and oxygen atoms in total. The molecule has 0 aliphatic heterocycles. The molecular weight excluding hydrogens is 814 g/mol. The van der Waals surface area contributed by atoms with E-state index in [4.69, 9.17) is 24.7 Å². The van der Waals surface area contributed by atoms with Gasteiger partial charge in [-0.25, -0.2) is 15.0 Å². The van der Waals surface area contributed by atoms with Gasteiger partial charge in [-0.05, 0) is 75.6 Å². The Balaban J connectivity index is 0.00000348. The molecule has 6 aromatic heterocycles. The number of imidazole rings is 3. The van der Waals surface area contributed by atoms with Crippen LogP contribution >= 0.6 is 0 Å². The molecule has 0 fully saturated rings. The fourth-order valence-corrected chi connectivity index (χ4v) is 6.91. The van der Waals surface area contributed by atoms with Crippen LogP contribution in [0.1, 0.15) is 26.3 Å². The van der Waals surface area contributed by atoms with Crippen LogP contribution in [0, 0.1) is 12.1 Å². The summed E-state index contributed by atoms with van der Waals surface area (Å²) in [7, 11) is 0. The Morgan fingerprint density at radius 2 is 1.49 bits per heavy atom. The van der Waals surface area contributed by atoms with E-state index in [0.29, 0.717) is 11.5 Å². The van der Waals surface area contributed by atoms with Crippen LogP contribution in [0.3, 0.4) is 0 Å². The average molecular weight is 843 g/mol. The largest absolute Gasteiger partial charge is 2.00 e. The Labute approximate surface area is 307 Å². The van der Waals surface area contributed by atoms with Gasteiger partial charge < -0.3 is 18.5 Å². The van der Waals surface area contributed by atoms with Gasteiger partial charge in [-0.2, -0.15) is 0 Å². The third kappa shape index (κ3) is 4.93. The van der Waals surface area contributed by atoms with Crippen LogP contribution in [-0.2, 0) is 26.5 Å². The Hall–Kier alpha value is -5.85. The Kier molecular flexibility index (Phi) is 7.09. The first kappa shape index (κ1) is 31.2. The topological polar surface area (TPSA) is 74.5 Å². The van der Waals surface area contributed by atoms with Gasteiger partial charge in [-0.15, -0.1) is 29.8 Å². The minimum Gasteiger partial charge on any atom is -0.502 e. The molecule has 0 bridgehead atoms. The van der Waals surface area contributed by atoms with Gasteiger partial charge in [0.1, 0.15) is 11.5 Å². The molecule has 4 aromatic carbocycles. The summed E-state index contributed by atoms with van der Waals surface area (Å²) in [6.45, 7) is 6.62. The van der Waals surface area contributed by atoms with E-state index in [1.807, 2.05) is 71.4 Å². The third-order valence-corrected chi connectivity index (χ3v) is 9.36. The quantitative estimate of drug-likeness (QED) is 0.165. The van der Waals surface area contributed by atoms with E-state index in [9.17, 15) is 0 Å². The number of aromatic nitrogens is 7. The van der Waals surface area contributed by atoms with Crippen molar-refractivity contribution in [1.29, 1.82) is 0 Å². The molecule has 248 valence electrons. The van der Waals surface area contributed by atoms with E-state index < -0.39 is 0 Å². The van der Waals surface area contributed by atoms with Gasteiger partial charge in [0.05, 0.1) is 27.8 Å². The molecule has 10 rings (SSSR count). The zero-order valence-corrected chi connectivity index (χ0v) is 30.2. The van der Waals surface area contributed by atoms with Crippen molar-refractivity contribution in [2.45, 2.75) is 26.2 Å². The zero-order valence-electron chi connectivity index (χ0n) is 27.9. The van der Waals surface area contributed by atoms with Gasteiger partial charge in [-0.3, -0.25) is 4.57 Å². The van der Waals surface area contributed by atoms with Crippen LogP contribution < -0.4 is 4.74 Å². The third-order valence-electron chi connectivity index (χ3n) is 9.36. The molecular formula is C42H29N7OPt. The van der Waals surface area contributed by atoms with Crippen molar-refractivity contribution in [1.82, 2.24) is 33.3 Å². The van der Waals surface area contributed by atoms with Gasteiger partial charge >= 0.3 is 21.1 Å². The fraction of sp³-hybridized carbons (Fsp3) is 0.0952. The van der Waals surface area contributed by atoms with Crippen molar-refractivity contribution in [3.05, 3.63) is 139 Å². The van der Waals surface area contributed by atoms with Crippen molar-refractivity contribution in [3.8, 4) is 28.6 Å². The van der Waals surface area contributed by atoms with Crippen molar-refractivity contribution in [3.63, 3.8) is 0 Å². The molecule has 0 atom stereocenters. The summed E-state index contributed by atoms with van der Waals surface area (Å²) in [5.74, 6) is 2.57. The molecule has 0 amide bonds. The molecule has 0 aliphatic rings. The molecule has 9 heteroatoms. The summed E-state index contributed by atoms with van der Waals surface area (Å²) in [4.78, 5) is 19.5.